The average molecular weight is 480 g/mol. The Morgan fingerprint density at radius 2 is 1.74 bits per heavy atom. The molecule has 4 rings (SSSR count). The van der Waals surface area contributed by atoms with E-state index < -0.39 is 0 Å². The minimum atomic E-state index is -0.0854. The van der Waals surface area contributed by atoms with E-state index in [0.29, 0.717) is 30.3 Å². The van der Waals surface area contributed by atoms with Crippen molar-refractivity contribution in [3.8, 4) is 11.5 Å². The first-order valence-corrected chi connectivity index (χ1v) is 12.0. The maximum atomic E-state index is 12.9. The normalized spacial score (nSPS) is 14.5. The summed E-state index contributed by atoms with van der Waals surface area (Å²) in [5.74, 6) is 1.10. The summed E-state index contributed by atoms with van der Waals surface area (Å²) in [6, 6.07) is 17.3. The van der Waals surface area contributed by atoms with Gasteiger partial charge in [-0.3, -0.25) is 14.7 Å². The molecule has 6 nitrogen and oxygen atoms in total. The van der Waals surface area contributed by atoms with Crippen LogP contribution in [0.4, 0.5) is 0 Å². The summed E-state index contributed by atoms with van der Waals surface area (Å²) in [4.78, 5) is 19.4. The third-order valence-electron chi connectivity index (χ3n) is 5.89. The highest BCUT2D eigenvalue weighted by Gasteiger charge is 2.22. The van der Waals surface area contributed by atoms with Crippen LogP contribution in [-0.4, -0.2) is 41.5 Å². The average Bonchev–Trinajstić information content (AvgIpc) is 2.86. The van der Waals surface area contributed by atoms with Crippen molar-refractivity contribution < 1.29 is 14.3 Å². The molecule has 1 fully saturated rings. The number of likely N-dealkylation sites (tertiary alicyclic amines) is 1. The third-order valence-corrected chi connectivity index (χ3v) is 6.14. The van der Waals surface area contributed by atoms with E-state index in [1.807, 2.05) is 31.2 Å². The quantitative estimate of drug-likeness (QED) is 0.462. The fourth-order valence-corrected chi connectivity index (χ4v) is 4.16. The molecule has 1 aliphatic heterocycles. The third kappa shape index (κ3) is 6.72. The number of hydrogen-bond donors (Lipinski definition) is 1. The fraction of sp³-hybridized carbons (Fsp3) is 0.333. The number of pyridine rings is 1. The lowest BCUT2D eigenvalue weighted by Gasteiger charge is -2.32. The monoisotopic (exact) mass is 479 g/mol. The van der Waals surface area contributed by atoms with Gasteiger partial charge in [-0.2, -0.15) is 0 Å². The van der Waals surface area contributed by atoms with Crippen LogP contribution in [0.15, 0.2) is 67.0 Å². The molecule has 2 aromatic carbocycles. The molecule has 178 valence electrons. The number of rotatable bonds is 9. The molecule has 7 heteroatoms. The number of carbonyl (C=O) groups excluding carboxylic acids is 1. The van der Waals surface area contributed by atoms with Crippen LogP contribution < -0.4 is 14.8 Å². The van der Waals surface area contributed by atoms with Crippen LogP contribution in [0.2, 0.25) is 5.02 Å². The Kier molecular flexibility index (Phi) is 8.39. The lowest BCUT2D eigenvalue weighted by Crippen LogP contribution is -2.44. The van der Waals surface area contributed by atoms with E-state index in [1.165, 1.54) is 5.56 Å². The Labute approximate surface area is 205 Å². The summed E-state index contributed by atoms with van der Waals surface area (Å²) < 4.78 is 11.7. The molecule has 3 aromatic rings. The summed E-state index contributed by atoms with van der Waals surface area (Å²) in [6.07, 6.45) is 5.31. The van der Waals surface area contributed by atoms with Gasteiger partial charge in [0, 0.05) is 48.7 Å². The van der Waals surface area contributed by atoms with Gasteiger partial charge in [-0.25, -0.2) is 0 Å². The summed E-state index contributed by atoms with van der Waals surface area (Å²) in [6.45, 7) is 5.60. The molecule has 0 bridgehead atoms. The van der Waals surface area contributed by atoms with Crippen LogP contribution in [0.5, 0.6) is 11.5 Å². The molecule has 0 radical (unpaired) electrons. The first kappa shape index (κ1) is 24.0. The van der Waals surface area contributed by atoms with Gasteiger partial charge in [0.05, 0.1) is 6.61 Å². The van der Waals surface area contributed by atoms with Crippen molar-refractivity contribution in [2.24, 2.45) is 0 Å². The number of nitrogens with one attached hydrogen (secondary N) is 1. The van der Waals surface area contributed by atoms with E-state index in [0.717, 1.165) is 43.1 Å². The van der Waals surface area contributed by atoms with Crippen LogP contribution in [0, 0.1) is 0 Å². The highest BCUT2D eigenvalue weighted by Crippen LogP contribution is 2.29. The second-order valence-corrected chi connectivity index (χ2v) is 8.83. The van der Waals surface area contributed by atoms with Crippen LogP contribution >= 0.6 is 11.6 Å². The summed E-state index contributed by atoms with van der Waals surface area (Å²) in [5, 5.41) is 3.94. The first-order chi connectivity index (χ1) is 16.6. The predicted octanol–water partition coefficient (Wildman–Crippen LogP) is 5.11. The molecular weight excluding hydrogens is 450 g/mol. The molecular formula is C27H30ClN3O3. The maximum Gasteiger partial charge on any atom is 0.251 e. The van der Waals surface area contributed by atoms with Gasteiger partial charge in [0.25, 0.3) is 5.91 Å². The van der Waals surface area contributed by atoms with Gasteiger partial charge in [0.2, 0.25) is 0 Å². The van der Waals surface area contributed by atoms with Crippen LogP contribution in [0.3, 0.4) is 0 Å². The largest absolute Gasteiger partial charge is 0.490 e. The lowest BCUT2D eigenvalue weighted by atomic mass is 10.0. The maximum absolute atomic E-state index is 12.9. The van der Waals surface area contributed by atoms with Crippen LogP contribution in [-0.2, 0) is 13.2 Å². The molecule has 0 saturated carbocycles. The second-order valence-electron chi connectivity index (χ2n) is 8.39. The van der Waals surface area contributed by atoms with E-state index in [2.05, 4.69) is 27.3 Å². The standard InChI is InChI=1S/C27H30ClN3O3/c1-2-33-26-17-22(5-8-25(26)34-19-21-9-13-29-14-10-21)27(32)30-24-11-15-31(16-12-24)18-20-3-6-23(28)7-4-20/h3-10,13-14,17,24H,2,11-12,15-16,18-19H2,1H3,(H,30,32). The SMILES string of the molecule is CCOc1cc(C(=O)NC2CCN(Cc3ccc(Cl)cc3)CC2)ccc1OCc1ccncc1. The van der Waals surface area contributed by atoms with Crippen molar-refractivity contribution >= 4 is 17.5 Å². The van der Waals surface area contributed by atoms with Crippen molar-refractivity contribution in [2.45, 2.75) is 39.0 Å². The topological polar surface area (TPSA) is 63.7 Å². The number of hydrogen-bond acceptors (Lipinski definition) is 5. The van der Waals surface area contributed by atoms with Crippen molar-refractivity contribution in [3.63, 3.8) is 0 Å². The van der Waals surface area contributed by atoms with Crippen molar-refractivity contribution in [1.82, 2.24) is 15.2 Å². The molecule has 0 unspecified atom stereocenters. The minimum Gasteiger partial charge on any atom is -0.490 e. The molecule has 1 aromatic heterocycles. The smallest absolute Gasteiger partial charge is 0.251 e. The second kappa shape index (κ2) is 11.9. The van der Waals surface area contributed by atoms with E-state index in [4.69, 9.17) is 21.1 Å². The highest BCUT2D eigenvalue weighted by atomic mass is 35.5. The van der Waals surface area contributed by atoms with Gasteiger partial charge in [-0.1, -0.05) is 23.7 Å². The molecule has 0 atom stereocenters. The number of nitrogens with zero attached hydrogens (tertiary/aromatic N) is 2. The van der Waals surface area contributed by atoms with Gasteiger partial charge in [-0.05, 0) is 73.4 Å². The zero-order chi connectivity index (χ0) is 23.8. The van der Waals surface area contributed by atoms with Gasteiger partial charge in [0.15, 0.2) is 11.5 Å². The van der Waals surface area contributed by atoms with Crippen molar-refractivity contribution in [1.29, 1.82) is 0 Å². The predicted molar refractivity (Wildman–Crippen MR) is 133 cm³/mol. The van der Waals surface area contributed by atoms with Gasteiger partial charge < -0.3 is 14.8 Å². The Hall–Kier alpha value is -3.09. The van der Waals surface area contributed by atoms with Gasteiger partial charge >= 0.3 is 0 Å². The van der Waals surface area contributed by atoms with Crippen LogP contribution in [0.1, 0.15) is 41.3 Å². The Morgan fingerprint density at radius 3 is 2.44 bits per heavy atom. The Bertz CT molecular complexity index is 1070. The van der Waals surface area contributed by atoms with E-state index >= 15 is 0 Å². The minimum absolute atomic E-state index is 0.0854. The molecule has 1 amide bonds. The van der Waals surface area contributed by atoms with Gasteiger partial charge in [-0.15, -0.1) is 0 Å². The fourth-order valence-electron chi connectivity index (χ4n) is 4.03. The van der Waals surface area contributed by atoms with E-state index in [9.17, 15) is 4.79 Å². The number of benzene rings is 2. The first-order valence-electron chi connectivity index (χ1n) is 11.7. The zero-order valence-electron chi connectivity index (χ0n) is 19.4. The molecule has 1 aliphatic rings. The zero-order valence-corrected chi connectivity index (χ0v) is 20.1. The van der Waals surface area contributed by atoms with Crippen molar-refractivity contribution in [2.75, 3.05) is 19.7 Å². The number of halogens is 1. The Morgan fingerprint density at radius 1 is 1.00 bits per heavy atom. The number of amides is 1. The molecule has 1 N–H and O–H groups in total. The van der Waals surface area contributed by atoms with Crippen LogP contribution in [0.25, 0.3) is 0 Å². The van der Waals surface area contributed by atoms with Gasteiger partial charge in [0.1, 0.15) is 6.61 Å². The van der Waals surface area contributed by atoms with E-state index in [1.54, 1.807) is 30.6 Å². The molecule has 0 spiro atoms. The number of aromatic nitrogens is 1. The molecule has 2 heterocycles. The Balaban J connectivity index is 1.30. The lowest BCUT2D eigenvalue weighted by molar-refractivity contribution is 0.0908. The number of piperidine rings is 1. The highest BCUT2D eigenvalue weighted by molar-refractivity contribution is 6.30. The summed E-state index contributed by atoms with van der Waals surface area (Å²) >= 11 is 5.98. The molecule has 34 heavy (non-hydrogen) atoms. The van der Waals surface area contributed by atoms with Crippen molar-refractivity contribution in [3.05, 3.63) is 88.7 Å². The van der Waals surface area contributed by atoms with E-state index in [-0.39, 0.29) is 11.9 Å². The molecule has 0 aliphatic carbocycles. The summed E-state index contributed by atoms with van der Waals surface area (Å²) in [5.41, 5.74) is 2.84. The molecule has 1 saturated heterocycles. The summed E-state index contributed by atoms with van der Waals surface area (Å²) in [7, 11) is 0. The number of carbonyl (C=O) groups is 1. The number of ether oxygens (including phenoxy) is 2.